The van der Waals surface area contributed by atoms with Crippen molar-refractivity contribution in [2.45, 2.75) is 31.8 Å². The lowest BCUT2D eigenvalue weighted by Gasteiger charge is -2.23. The van der Waals surface area contributed by atoms with Crippen LogP contribution in [0.25, 0.3) is 20.4 Å². The van der Waals surface area contributed by atoms with Crippen molar-refractivity contribution in [3.05, 3.63) is 80.5 Å². The highest BCUT2D eigenvalue weighted by Crippen LogP contribution is 2.40. The van der Waals surface area contributed by atoms with E-state index in [-0.39, 0.29) is 10.8 Å². The Kier molecular flexibility index (Phi) is 6.45. The summed E-state index contributed by atoms with van der Waals surface area (Å²) >= 11 is 2.87. The van der Waals surface area contributed by atoms with Gasteiger partial charge in [-0.3, -0.25) is 9.59 Å². The van der Waals surface area contributed by atoms with Gasteiger partial charge in [0.1, 0.15) is 23.1 Å². The summed E-state index contributed by atoms with van der Waals surface area (Å²) in [6, 6.07) is 15.3. The predicted octanol–water partition coefficient (Wildman–Crippen LogP) is 4.16. The van der Waals surface area contributed by atoms with Crippen LogP contribution in [0.1, 0.15) is 22.4 Å². The van der Waals surface area contributed by atoms with Crippen LogP contribution in [0, 0.1) is 5.92 Å². The van der Waals surface area contributed by atoms with E-state index in [0.29, 0.717) is 18.9 Å². The summed E-state index contributed by atoms with van der Waals surface area (Å²) in [5.41, 5.74) is 3.90. The maximum atomic E-state index is 12.5. The minimum absolute atomic E-state index is 0.0695. The molecule has 1 unspecified atom stereocenters. The van der Waals surface area contributed by atoms with Gasteiger partial charge in [-0.2, -0.15) is 0 Å². The first kappa shape index (κ1) is 23.8. The molecule has 0 aliphatic heterocycles. The summed E-state index contributed by atoms with van der Waals surface area (Å²) < 4.78 is 0.895. The summed E-state index contributed by atoms with van der Waals surface area (Å²) in [4.78, 5) is 38.2. The number of aromatic amines is 1. The third-order valence-corrected chi connectivity index (χ3v) is 8.78. The summed E-state index contributed by atoms with van der Waals surface area (Å²) in [5, 5.41) is 17.7. The smallest absolute Gasteiger partial charge is 0.305 e. The Morgan fingerprint density at radius 1 is 1.16 bits per heavy atom. The number of amides is 1. The molecular weight excluding hydrogens is 506 g/mol. The Balaban J connectivity index is 1.14. The molecule has 8 nitrogen and oxygen atoms in total. The Morgan fingerprint density at radius 3 is 2.89 bits per heavy atom. The van der Waals surface area contributed by atoms with Gasteiger partial charge in [-0.25, -0.2) is 9.97 Å². The van der Waals surface area contributed by atoms with Gasteiger partial charge in [0.05, 0.1) is 15.6 Å². The molecule has 0 saturated heterocycles. The first-order chi connectivity index (χ1) is 18.0. The predicted molar refractivity (Wildman–Crippen MR) is 148 cm³/mol. The first-order valence-electron chi connectivity index (χ1n) is 12.2. The molecule has 1 aliphatic carbocycles. The molecule has 5 aromatic rings. The zero-order chi connectivity index (χ0) is 25.4. The largest absolute Gasteiger partial charge is 0.383 e. The lowest BCUT2D eigenvalue weighted by molar-refractivity contribution is -0.129. The molecule has 37 heavy (non-hydrogen) atoms. The number of fused-ring (bicyclic) bond motifs is 4. The molecule has 10 heteroatoms. The molecule has 0 radical (unpaired) electrons. The number of anilines is 2. The van der Waals surface area contributed by atoms with Gasteiger partial charge >= 0.3 is 4.87 Å². The topological polar surface area (TPSA) is 120 Å². The quantitative estimate of drug-likeness (QED) is 0.250. The highest BCUT2D eigenvalue weighted by atomic mass is 32.1. The van der Waals surface area contributed by atoms with E-state index < -0.39 is 6.10 Å². The van der Waals surface area contributed by atoms with Crippen molar-refractivity contribution in [1.82, 2.24) is 20.3 Å². The van der Waals surface area contributed by atoms with Crippen LogP contribution in [0.4, 0.5) is 11.5 Å². The average Bonchev–Trinajstić information content (AvgIpc) is 3.46. The molecule has 0 saturated carbocycles. The molecule has 1 amide bonds. The van der Waals surface area contributed by atoms with E-state index >= 15 is 0 Å². The number of aromatic nitrogens is 3. The Morgan fingerprint density at radius 2 is 2.03 bits per heavy atom. The second kappa shape index (κ2) is 10.0. The highest BCUT2D eigenvalue weighted by molar-refractivity contribution is 7.19. The van der Waals surface area contributed by atoms with Crippen LogP contribution >= 0.6 is 22.7 Å². The summed E-state index contributed by atoms with van der Waals surface area (Å²) in [5.74, 6) is 0.741. The fourth-order valence-corrected chi connectivity index (χ4v) is 6.98. The molecule has 3 heterocycles. The van der Waals surface area contributed by atoms with E-state index in [0.717, 1.165) is 56.8 Å². The van der Waals surface area contributed by atoms with Crippen LogP contribution in [0.3, 0.4) is 0 Å². The molecule has 2 aromatic carbocycles. The molecule has 4 N–H and O–H groups in total. The van der Waals surface area contributed by atoms with E-state index in [2.05, 4.69) is 25.6 Å². The van der Waals surface area contributed by atoms with Gasteiger partial charge < -0.3 is 20.7 Å². The third kappa shape index (κ3) is 5.00. The van der Waals surface area contributed by atoms with Crippen LogP contribution in [-0.4, -0.2) is 38.6 Å². The molecule has 0 bridgehead atoms. The Hall–Kier alpha value is -3.60. The number of carbonyl (C=O) groups is 1. The summed E-state index contributed by atoms with van der Waals surface area (Å²) in [6.45, 7) is 0.536. The van der Waals surface area contributed by atoms with Crippen molar-refractivity contribution < 1.29 is 9.90 Å². The maximum Gasteiger partial charge on any atom is 0.305 e. The molecule has 2 atom stereocenters. The zero-order valence-corrected chi connectivity index (χ0v) is 21.5. The number of benzene rings is 2. The minimum atomic E-state index is -1.05. The van der Waals surface area contributed by atoms with E-state index in [1.165, 1.54) is 21.8 Å². The number of nitrogens with zero attached hydrogens (tertiary/aromatic N) is 2. The summed E-state index contributed by atoms with van der Waals surface area (Å²) in [7, 11) is 0. The van der Waals surface area contributed by atoms with E-state index in [4.69, 9.17) is 0 Å². The van der Waals surface area contributed by atoms with Gasteiger partial charge in [-0.05, 0) is 54.5 Å². The fourth-order valence-electron chi connectivity index (χ4n) is 4.90. The highest BCUT2D eigenvalue weighted by Gasteiger charge is 2.26. The van der Waals surface area contributed by atoms with Crippen molar-refractivity contribution in [3.63, 3.8) is 0 Å². The lowest BCUT2D eigenvalue weighted by Crippen LogP contribution is -2.39. The monoisotopic (exact) mass is 531 g/mol. The van der Waals surface area contributed by atoms with E-state index in [1.807, 2.05) is 48.5 Å². The number of aliphatic hydroxyl groups excluding tert-OH is 1. The normalized spacial score (nSPS) is 16.0. The second-order valence-electron chi connectivity index (χ2n) is 9.32. The van der Waals surface area contributed by atoms with Crippen molar-refractivity contribution in [1.29, 1.82) is 0 Å². The number of carbonyl (C=O) groups excluding carboxylic acids is 1. The maximum absolute atomic E-state index is 12.5. The second-order valence-corrected chi connectivity index (χ2v) is 11.4. The lowest BCUT2D eigenvalue weighted by atomic mass is 9.87. The Labute approximate surface area is 220 Å². The molecular formula is C27H25N5O3S2. The van der Waals surface area contributed by atoms with Gasteiger partial charge in [0.25, 0.3) is 0 Å². The third-order valence-electron chi connectivity index (χ3n) is 6.77. The number of aryl methyl sites for hydroxylation is 1. The molecule has 3 aromatic heterocycles. The number of H-pyrrole nitrogens is 1. The van der Waals surface area contributed by atoms with Gasteiger partial charge in [-0.15, -0.1) is 11.3 Å². The number of aliphatic hydroxyl groups is 1. The number of thiophene rings is 1. The van der Waals surface area contributed by atoms with Crippen LogP contribution in [0.15, 0.2) is 59.7 Å². The molecule has 6 rings (SSSR count). The average molecular weight is 532 g/mol. The number of nitrogens with one attached hydrogen (secondary N) is 3. The minimum Gasteiger partial charge on any atom is -0.383 e. The summed E-state index contributed by atoms with van der Waals surface area (Å²) in [6.07, 6.45) is 3.50. The van der Waals surface area contributed by atoms with Gasteiger partial charge in [0.2, 0.25) is 5.91 Å². The first-order valence-corrected chi connectivity index (χ1v) is 13.8. The number of rotatable bonds is 7. The van der Waals surface area contributed by atoms with Crippen molar-refractivity contribution in [2.75, 3.05) is 11.9 Å². The molecule has 1 aliphatic rings. The van der Waals surface area contributed by atoms with Crippen LogP contribution in [-0.2, 0) is 24.1 Å². The number of hydrogen-bond acceptors (Lipinski definition) is 8. The van der Waals surface area contributed by atoms with Gasteiger partial charge in [0, 0.05) is 23.5 Å². The molecule has 0 spiro atoms. The van der Waals surface area contributed by atoms with Crippen LogP contribution in [0.5, 0.6) is 0 Å². The molecule has 188 valence electrons. The SMILES string of the molecule is O=C(NCC1CCc2c(sc3ncnc(Nc4ccc5[nH]c(=O)sc5c4)c23)C1)[C@H](O)Cc1ccccc1. The Bertz CT molecular complexity index is 1640. The molecule has 0 fully saturated rings. The number of hydrogen-bond donors (Lipinski definition) is 4. The fraction of sp³-hybridized carbons (Fsp3) is 0.259. The standard InChI is InChI=1S/C27H25N5O3S2/c33-20(10-15-4-2-1-3-5-15)25(34)28-13-16-6-8-18-21(11-16)36-26-23(18)24(29-14-30-26)31-17-7-9-19-22(12-17)37-27(35)32-19/h1-5,7,9,12,14,16,20,33H,6,8,10-11,13H2,(H,28,34)(H,32,35)(H,29,30,31)/t16?,20-/m1/s1. The van der Waals surface area contributed by atoms with Crippen LogP contribution in [0.2, 0.25) is 0 Å². The number of thiazole rings is 1. The van der Waals surface area contributed by atoms with Crippen LogP contribution < -0.4 is 15.5 Å². The van der Waals surface area contributed by atoms with Crippen molar-refractivity contribution >= 4 is 60.5 Å². The van der Waals surface area contributed by atoms with Crippen molar-refractivity contribution in [2.24, 2.45) is 5.92 Å². The van der Waals surface area contributed by atoms with E-state index in [1.54, 1.807) is 17.7 Å². The van der Waals surface area contributed by atoms with Gasteiger partial charge in [0.15, 0.2) is 0 Å². The van der Waals surface area contributed by atoms with E-state index in [9.17, 15) is 14.7 Å². The van der Waals surface area contributed by atoms with Gasteiger partial charge in [-0.1, -0.05) is 41.7 Å². The zero-order valence-electron chi connectivity index (χ0n) is 19.9. The van der Waals surface area contributed by atoms with Crippen molar-refractivity contribution in [3.8, 4) is 0 Å².